The lowest BCUT2D eigenvalue weighted by atomic mass is 9.93. The summed E-state index contributed by atoms with van der Waals surface area (Å²) in [6, 6.07) is 15.7. The highest BCUT2D eigenvalue weighted by Gasteiger charge is 2.25. The first-order valence-electron chi connectivity index (χ1n) is 8.97. The van der Waals surface area contributed by atoms with Gasteiger partial charge in [0.1, 0.15) is 0 Å². The minimum Gasteiger partial charge on any atom is -0.388 e. The Kier molecular flexibility index (Phi) is 6.38. The van der Waals surface area contributed by atoms with E-state index in [1.54, 1.807) is 0 Å². The molecule has 2 aromatic rings. The van der Waals surface area contributed by atoms with Gasteiger partial charge in [-0.15, -0.1) is 0 Å². The number of nitrogens with zero attached hydrogens (tertiary/aromatic N) is 1. The van der Waals surface area contributed by atoms with Crippen LogP contribution < -0.4 is 0 Å². The lowest BCUT2D eigenvalue weighted by molar-refractivity contribution is 0.0641. The van der Waals surface area contributed by atoms with E-state index in [4.69, 9.17) is 0 Å². The topological polar surface area (TPSA) is 40.5 Å². The fourth-order valence-electron chi connectivity index (χ4n) is 3.40. The summed E-state index contributed by atoms with van der Waals surface area (Å²) in [7, 11) is 0. The van der Waals surface area contributed by atoms with Gasteiger partial charge in [0.15, 0.2) is 0 Å². The molecule has 2 aromatic carbocycles. The predicted molar refractivity (Wildman–Crippen MR) is 103 cm³/mol. The Morgan fingerprint density at radius 3 is 2.12 bits per heavy atom. The summed E-state index contributed by atoms with van der Waals surface area (Å²) in [4.78, 5) is 15.1. The number of rotatable bonds is 6. The lowest BCUT2D eigenvalue weighted by Crippen LogP contribution is -2.42. The largest absolute Gasteiger partial charge is 0.388 e. The van der Waals surface area contributed by atoms with E-state index in [-0.39, 0.29) is 18.0 Å². The molecule has 0 radical (unpaired) electrons. The molecule has 1 amide bonds. The summed E-state index contributed by atoms with van der Waals surface area (Å²) >= 11 is 0. The molecule has 3 nitrogen and oxygen atoms in total. The lowest BCUT2D eigenvalue weighted by Gasteiger charge is -2.32. The Morgan fingerprint density at radius 1 is 0.960 bits per heavy atom. The smallest absolute Gasteiger partial charge is 0.254 e. The normalized spacial score (nSPS) is 12.5. The van der Waals surface area contributed by atoms with Gasteiger partial charge in [-0.1, -0.05) is 48.5 Å². The van der Waals surface area contributed by atoms with E-state index >= 15 is 0 Å². The van der Waals surface area contributed by atoms with Gasteiger partial charge in [-0.3, -0.25) is 4.79 Å². The number of aliphatic hydroxyl groups is 1. The van der Waals surface area contributed by atoms with Crippen LogP contribution in [-0.2, 0) is 6.42 Å². The zero-order chi connectivity index (χ0) is 18.6. The first-order chi connectivity index (χ1) is 11.8. The third-order valence-corrected chi connectivity index (χ3v) is 4.52. The van der Waals surface area contributed by atoms with Gasteiger partial charge >= 0.3 is 0 Å². The standard InChI is InChI=1S/C22H29NO2/c1-15(2)23(16(3)4)22(25)21-17(5)10-9-13-19(21)14-20(24)18-11-7-6-8-12-18/h6-13,15-16,20,24H,14H2,1-5H3. The van der Waals surface area contributed by atoms with Gasteiger partial charge in [0, 0.05) is 24.1 Å². The monoisotopic (exact) mass is 339 g/mol. The van der Waals surface area contributed by atoms with Crippen molar-refractivity contribution in [2.75, 3.05) is 0 Å². The molecule has 0 bridgehead atoms. The Hall–Kier alpha value is -2.13. The fraction of sp³-hybridized carbons (Fsp3) is 0.409. The zero-order valence-electron chi connectivity index (χ0n) is 15.9. The summed E-state index contributed by atoms with van der Waals surface area (Å²) < 4.78 is 0. The number of hydrogen-bond acceptors (Lipinski definition) is 2. The van der Waals surface area contributed by atoms with Gasteiger partial charge in [-0.2, -0.15) is 0 Å². The first-order valence-corrected chi connectivity index (χ1v) is 8.97. The van der Waals surface area contributed by atoms with Crippen LogP contribution in [-0.4, -0.2) is 28.0 Å². The van der Waals surface area contributed by atoms with Crippen molar-refractivity contribution in [3.8, 4) is 0 Å². The minimum atomic E-state index is -0.624. The van der Waals surface area contributed by atoms with Gasteiger partial charge in [0.05, 0.1) is 6.10 Å². The Balaban J connectivity index is 2.38. The second-order valence-electron chi connectivity index (χ2n) is 7.14. The van der Waals surface area contributed by atoms with Gasteiger partial charge in [0.25, 0.3) is 5.91 Å². The highest BCUT2D eigenvalue weighted by molar-refractivity contribution is 5.97. The highest BCUT2D eigenvalue weighted by Crippen LogP contribution is 2.25. The van der Waals surface area contributed by atoms with Crippen molar-refractivity contribution in [3.63, 3.8) is 0 Å². The number of aryl methyl sites for hydroxylation is 1. The molecular weight excluding hydrogens is 310 g/mol. The predicted octanol–water partition coefficient (Wildman–Crippen LogP) is 4.53. The third kappa shape index (κ3) is 4.49. The molecule has 0 aliphatic heterocycles. The number of hydrogen-bond donors (Lipinski definition) is 1. The number of carbonyl (C=O) groups excluding carboxylic acids is 1. The molecule has 1 atom stereocenters. The average molecular weight is 339 g/mol. The molecule has 0 heterocycles. The van der Waals surface area contributed by atoms with Crippen LogP contribution in [0.1, 0.15) is 60.8 Å². The number of aliphatic hydroxyl groups excluding tert-OH is 1. The van der Waals surface area contributed by atoms with Crippen molar-refractivity contribution < 1.29 is 9.90 Å². The van der Waals surface area contributed by atoms with Crippen LogP contribution in [0.3, 0.4) is 0 Å². The van der Waals surface area contributed by atoms with Gasteiger partial charge in [-0.25, -0.2) is 0 Å². The quantitative estimate of drug-likeness (QED) is 0.840. The summed E-state index contributed by atoms with van der Waals surface area (Å²) in [5.74, 6) is 0.0401. The molecule has 0 fully saturated rings. The van der Waals surface area contributed by atoms with Crippen molar-refractivity contribution in [2.24, 2.45) is 0 Å². The molecule has 25 heavy (non-hydrogen) atoms. The molecule has 0 aliphatic rings. The van der Waals surface area contributed by atoms with Crippen LogP contribution in [0.4, 0.5) is 0 Å². The Labute approximate surface area is 151 Å². The summed E-state index contributed by atoms with van der Waals surface area (Å²) in [5, 5.41) is 10.6. The molecule has 0 saturated carbocycles. The molecule has 134 valence electrons. The van der Waals surface area contributed by atoms with E-state index < -0.39 is 6.10 Å². The van der Waals surface area contributed by atoms with Crippen molar-refractivity contribution in [1.29, 1.82) is 0 Å². The number of carbonyl (C=O) groups is 1. The van der Waals surface area contributed by atoms with Crippen LogP contribution in [0, 0.1) is 6.92 Å². The van der Waals surface area contributed by atoms with Crippen LogP contribution in [0.25, 0.3) is 0 Å². The van der Waals surface area contributed by atoms with E-state index in [0.29, 0.717) is 6.42 Å². The highest BCUT2D eigenvalue weighted by atomic mass is 16.3. The zero-order valence-corrected chi connectivity index (χ0v) is 15.9. The van der Waals surface area contributed by atoms with Crippen molar-refractivity contribution in [2.45, 2.75) is 59.2 Å². The second kappa shape index (κ2) is 8.30. The SMILES string of the molecule is Cc1cccc(CC(O)c2ccccc2)c1C(=O)N(C(C)C)C(C)C. The van der Waals surface area contributed by atoms with Crippen LogP contribution in [0.5, 0.6) is 0 Å². The Morgan fingerprint density at radius 2 is 1.56 bits per heavy atom. The maximum Gasteiger partial charge on any atom is 0.254 e. The Bertz CT molecular complexity index is 699. The number of amides is 1. The molecule has 1 unspecified atom stereocenters. The molecule has 0 aliphatic carbocycles. The van der Waals surface area contributed by atoms with Gasteiger partial charge in [0.2, 0.25) is 0 Å². The number of benzene rings is 2. The fourth-order valence-corrected chi connectivity index (χ4v) is 3.40. The van der Waals surface area contributed by atoms with E-state index in [1.165, 1.54) is 0 Å². The van der Waals surface area contributed by atoms with Crippen molar-refractivity contribution >= 4 is 5.91 Å². The van der Waals surface area contributed by atoms with Crippen LogP contribution >= 0.6 is 0 Å². The molecule has 3 heteroatoms. The van der Waals surface area contributed by atoms with Crippen molar-refractivity contribution in [1.82, 2.24) is 4.90 Å². The molecule has 2 rings (SSSR count). The average Bonchev–Trinajstić information content (AvgIpc) is 2.55. The van der Waals surface area contributed by atoms with Crippen molar-refractivity contribution in [3.05, 3.63) is 70.8 Å². The van der Waals surface area contributed by atoms with Crippen LogP contribution in [0.15, 0.2) is 48.5 Å². The van der Waals surface area contributed by atoms with Crippen LogP contribution in [0.2, 0.25) is 0 Å². The van der Waals surface area contributed by atoms with E-state index in [0.717, 1.165) is 22.3 Å². The summed E-state index contributed by atoms with van der Waals surface area (Å²) in [6.45, 7) is 10.1. The third-order valence-electron chi connectivity index (χ3n) is 4.52. The maximum atomic E-state index is 13.2. The summed E-state index contributed by atoms with van der Waals surface area (Å²) in [5.41, 5.74) is 3.44. The van der Waals surface area contributed by atoms with Gasteiger partial charge in [-0.05, 0) is 51.3 Å². The van der Waals surface area contributed by atoms with Gasteiger partial charge < -0.3 is 10.0 Å². The minimum absolute atomic E-state index is 0.0401. The molecule has 0 saturated heterocycles. The van der Waals surface area contributed by atoms with E-state index in [1.807, 2.05) is 88.0 Å². The molecule has 1 N–H and O–H groups in total. The molecule has 0 aromatic heterocycles. The molecule has 0 spiro atoms. The van der Waals surface area contributed by atoms with E-state index in [2.05, 4.69) is 0 Å². The second-order valence-corrected chi connectivity index (χ2v) is 7.14. The molecular formula is C22H29NO2. The van der Waals surface area contributed by atoms with E-state index in [9.17, 15) is 9.90 Å². The maximum absolute atomic E-state index is 13.2. The summed E-state index contributed by atoms with van der Waals surface area (Å²) in [6.07, 6.45) is -0.197. The first kappa shape index (κ1) is 19.2.